The van der Waals surface area contributed by atoms with E-state index in [1.54, 1.807) is 6.92 Å². The van der Waals surface area contributed by atoms with E-state index in [4.69, 9.17) is 16.7 Å². The summed E-state index contributed by atoms with van der Waals surface area (Å²) in [6.45, 7) is 7.97. The first-order chi connectivity index (χ1) is 14.8. The molecule has 0 aromatic heterocycles. The lowest BCUT2D eigenvalue weighted by Gasteiger charge is -2.32. The number of benzene rings is 3. The third kappa shape index (κ3) is 4.21. The Bertz CT molecular complexity index is 1100. The second kappa shape index (κ2) is 8.56. The molecule has 0 N–H and O–H groups in total. The van der Waals surface area contributed by atoms with Gasteiger partial charge >= 0.3 is 0 Å². The molecular weight excluding hydrogens is 406 g/mol. The molecule has 1 atom stereocenters. The smallest absolute Gasteiger partial charge is 0.198 e. The van der Waals surface area contributed by atoms with Crippen LogP contribution < -0.4 is 9.91 Å². The maximum absolute atomic E-state index is 12.6. The van der Waals surface area contributed by atoms with Gasteiger partial charge < -0.3 is 0 Å². The predicted molar refractivity (Wildman–Crippen MR) is 129 cm³/mol. The Labute approximate surface area is 188 Å². The van der Waals surface area contributed by atoms with Crippen molar-refractivity contribution in [1.82, 2.24) is 0 Å². The van der Waals surface area contributed by atoms with Crippen LogP contribution in [0.2, 0.25) is 5.02 Å². The molecule has 0 aliphatic carbocycles. The molecule has 4 nitrogen and oxygen atoms in total. The van der Waals surface area contributed by atoms with Crippen molar-refractivity contribution in [2.24, 2.45) is 5.10 Å². The van der Waals surface area contributed by atoms with E-state index in [1.807, 2.05) is 46.3 Å². The molecule has 0 saturated carbocycles. The van der Waals surface area contributed by atoms with Gasteiger partial charge in [-0.05, 0) is 60.4 Å². The molecule has 3 aromatic carbocycles. The first-order valence-electron chi connectivity index (χ1n) is 10.5. The van der Waals surface area contributed by atoms with Gasteiger partial charge in [0.2, 0.25) is 0 Å². The number of nitrogens with zero attached hydrogens (tertiary/aromatic N) is 3. The van der Waals surface area contributed by atoms with Crippen molar-refractivity contribution < 1.29 is 4.79 Å². The van der Waals surface area contributed by atoms with Crippen LogP contribution in [-0.2, 0) is 4.79 Å². The Balaban J connectivity index is 1.87. The van der Waals surface area contributed by atoms with Gasteiger partial charge in [-0.1, -0.05) is 67.4 Å². The molecule has 0 unspecified atom stereocenters. The number of amidine groups is 1. The van der Waals surface area contributed by atoms with Gasteiger partial charge in [-0.2, -0.15) is 0 Å². The summed E-state index contributed by atoms with van der Waals surface area (Å²) in [5.74, 6) is 0.761. The minimum Gasteiger partial charge on any atom is -0.295 e. The molecule has 0 radical (unpaired) electrons. The van der Waals surface area contributed by atoms with Crippen molar-refractivity contribution in [1.29, 1.82) is 0 Å². The van der Waals surface area contributed by atoms with Gasteiger partial charge in [0.1, 0.15) is 0 Å². The van der Waals surface area contributed by atoms with Crippen molar-refractivity contribution in [3.05, 3.63) is 94.5 Å². The Morgan fingerprint density at radius 2 is 1.48 bits per heavy atom. The van der Waals surface area contributed by atoms with Crippen molar-refractivity contribution in [3.63, 3.8) is 0 Å². The zero-order valence-electron chi connectivity index (χ0n) is 18.2. The number of carbonyl (C=O) groups is 1. The van der Waals surface area contributed by atoms with E-state index in [0.29, 0.717) is 16.8 Å². The average molecular weight is 432 g/mol. The van der Waals surface area contributed by atoms with E-state index < -0.39 is 0 Å². The lowest BCUT2D eigenvalue weighted by Crippen LogP contribution is -2.37. The minimum atomic E-state index is -0.288. The van der Waals surface area contributed by atoms with Crippen LogP contribution in [0, 0.1) is 6.92 Å². The minimum absolute atomic E-state index is 0.0895. The second-order valence-electron chi connectivity index (χ2n) is 8.20. The molecule has 0 amide bonds. The van der Waals surface area contributed by atoms with E-state index in [0.717, 1.165) is 16.9 Å². The number of hydrogen-bond donors (Lipinski definition) is 0. The zero-order chi connectivity index (χ0) is 22.1. The number of halogens is 1. The van der Waals surface area contributed by atoms with Gasteiger partial charge in [0.25, 0.3) is 0 Å². The molecule has 0 bridgehead atoms. The van der Waals surface area contributed by atoms with E-state index >= 15 is 0 Å². The lowest BCUT2D eigenvalue weighted by molar-refractivity contribution is -0.111. The second-order valence-corrected chi connectivity index (χ2v) is 8.64. The van der Waals surface area contributed by atoms with Crippen LogP contribution >= 0.6 is 11.6 Å². The van der Waals surface area contributed by atoms with Gasteiger partial charge in [0.15, 0.2) is 17.8 Å². The highest BCUT2D eigenvalue weighted by Gasteiger charge is 2.39. The van der Waals surface area contributed by atoms with E-state index in [-0.39, 0.29) is 11.9 Å². The zero-order valence-corrected chi connectivity index (χ0v) is 19.0. The van der Waals surface area contributed by atoms with Crippen LogP contribution in [0.3, 0.4) is 0 Å². The summed E-state index contributed by atoms with van der Waals surface area (Å²) >= 11 is 6.13. The predicted octanol–water partition coefficient (Wildman–Crippen LogP) is 6.70. The molecule has 158 valence electrons. The molecule has 4 rings (SSSR count). The highest BCUT2D eigenvalue weighted by atomic mass is 35.5. The maximum atomic E-state index is 12.6. The number of anilines is 2. The van der Waals surface area contributed by atoms with Crippen LogP contribution in [0.25, 0.3) is 0 Å². The van der Waals surface area contributed by atoms with Crippen LogP contribution in [0.5, 0.6) is 0 Å². The molecule has 1 heterocycles. The summed E-state index contributed by atoms with van der Waals surface area (Å²) in [7, 11) is 0. The SMILES string of the molecule is CC(=O)C1=NN(c2ccc(C)cc2)[C@@H](c2ccc(C(C)C)cc2)N1c1ccc(Cl)cc1. The Morgan fingerprint density at radius 1 is 0.903 bits per heavy atom. The van der Waals surface area contributed by atoms with E-state index in [1.165, 1.54) is 11.1 Å². The number of ketones is 1. The topological polar surface area (TPSA) is 35.9 Å². The van der Waals surface area contributed by atoms with Gasteiger partial charge in [-0.15, -0.1) is 5.10 Å². The van der Waals surface area contributed by atoms with Crippen LogP contribution in [-0.4, -0.2) is 11.6 Å². The molecule has 31 heavy (non-hydrogen) atoms. The Hall–Kier alpha value is -3.11. The Morgan fingerprint density at radius 3 is 2.03 bits per heavy atom. The summed E-state index contributed by atoms with van der Waals surface area (Å²) in [5, 5.41) is 7.35. The van der Waals surface area contributed by atoms with Crippen LogP contribution in [0.1, 0.15) is 49.5 Å². The fourth-order valence-electron chi connectivity index (χ4n) is 3.78. The molecule has 1 aliphatic rings. The third-order valence-corrected chi connectivity index (χ3v) is 5.78. The third-order valence-electron chi connectivity index (χ3n) is 5.53. The number of carbonyl (C=O) groups excluding carboxylic acids is 1. The standard InChI is InChI=1S/C26H26ClN3O/c1-17(2)20-7-9-21(10-8-20)26-29(23-15-11-22(27)12-16-23)25(19(4)31)28-30(26)24-13-5-18(3)6-14-24/h5-17,26H,1-4H3/t26-/m0/s1. The van der Waals surface area contributed by atoms with Crippen LogP contribution in [0.15, 0.2) is 77.9 Å². The number of Topliss-reactive ketones (excluding diaryl/α,β-unsaturated/α-hetero) is 1. The van der Waals surface area contributed by atoms with Crippen LogP contribution in [0.4, 0.5) is 11.4 Å². The van der Waals surface area contributed by atoms with Crippen molar-refractivity contribution in [2.45, 2.75) is 39.8 Å². The van der Waals surface area contributed by atoms with Gasteiger partial charge in [-0.25, -0.2) is 5.01 Å². The molecule has 0 fully saturated rings. The number of rotatable bonds is 5. The summed E-state index contributed by atoms with van der Waals surface area (Å²) in [6, 6.07) is 24.3. The van der Waals surface area contributed by atoms with E-state index in [9.17, 15) is 4.79 Å². The highest BCUT2D eigenvalue weighted by molar-refractivity contribution is 6.44. The number of hydrazone groups is 1. The summed E-state index contributed by atoms with van der Waals surface area (Å²) in [6.07, 6.45) is -0.288. The molecule has 3 aromatic rings. The quantitative estimate of drug-likeness (QED) is 0.451. The fourth-order valence-corrected chi connectivity index (χ4v) is 3.90. The summed E-state index contributed by atoms with van der Waals surface area (Å²) in [4.78, 5) is 14.6. The average Bonchev–Trinajstić information content (AvgIpc) is 3.16. The number of hydrogen-bond acceptors (Lipinski definition) is 4. The normalized spacial score (nSPS) is 16.1. The molecule has 1 aliphatic heterocycles. The highest BCUT2D eigenvalue weighted by Crippen LogP contribution is 2.39. The van der Waals surface area contributed by atoms with Gasteiger partial charge in [-0.3, -0.25) is 9.69 Å². The van der Waals surface area contributed by atoms with Crippen molar-refractivity contribution >= 4 is 34.6 Å². The number of aryl methyl sites for hydroxylation is 1. The molecule has 5 heteroatoms. The van der Waals surface area contributed by atoms with Gasteiger partial charge in [0, 0.05) is 17.6 Å². The van der Waals surface area contributed by atoms with Crippen molar-refractivity contribution in [3.8, 4) is 0 Å². The molecule has 0 spiro atoms. The lowest BCUT2D eigenvalue weighted by atomic mass is 10.00. The Kier molecular flexibility index (Phi) is 5.84. The van der Waals surface area contributed by atoms with Gasteiger partial charge in [0.05, 0.1) is 5.69 Å². The maximum Gasteiger partial charge on any atom is 0.198 e. The summed E-state index contributed by atoms with van der Waals surface area (Å²) in [5.41, 5.74) is 5.30. The fraction of sp³-hybridized carbons (Fsp3) is 0.231. The monoisotopic (exact) mass is 431 g/mol. The summed E-state index contributed by atoms with van der Waals surface area (Å²) < 4.78 is 0. The molecular formula is C26H26ClN3O. The first kappa shape index (κ1) is 21.1. The largest absolute Gasteiger partial charge is 0.295 e. The molecule has 0 saturated heterocycles. The van der Waals surface area contributed by atoms with Crippen molar-refractivity contribution in [2.75, 3.05) is 9.91 Å². The first-order valence-corrected chi connectivity index (χ1v) is 10.8. The van der Waals surface area contributed by atoms with E-state index in [2.05, 4.69) is 57.2 Å².